The van der Waals surface area contributed by atoms with Gasteiger partial charge in [-0.25, -0.2) is 0 Å². The summed E-state index contributed by atoms with van der Waals surface area (Å²) in [6.45, 7) is 4.78. The minimum absolute atomic E-state index is 0.0170. The molecule has 1 N–H and O–H groups in total. The van der Waals surface area contributed by atoms with Gasteiger partial charge in [-0.2, -0.15) is 0 Å². The lowest BCUT2D eigenvalue weighted by Gasteiger charge is -2.32. The Morgan fingerprint density at radius 2 is 1.68 bits per heavy atom. The standard InChI is InChI=1S/C23H27N3O2/c1-17-15-19-9-5-6-10-21(19)26(17)23(28)22(27)24-20-11-13-25(14-12-20)16-18-7-3-2-4-8-18/h2-10,17,20H,11-16H2,1H3,(H,24,27). The molecular formula is C23H27N3O2. The maximum Gasteiger partial charge on any atom is 0.316 e. The van der Waals surface area contributed by atoms with Gasteiger partial charge in [0.15, 0.2) is 0 Å². The fourth-order valence-electron chi connectivity index (χ4n) is 4.31. The van der Waals surface area contributed by atoms with E-state index in [0.717, 1.165) is 50.1 Å². The molecule has 5 nitrogen and oxygen atoms in total. The smallest absolute Gasteiger partial charge is 0.316 e. The summed E-state index contributed by atoms with van der Waals surface area (Å²) in [7, 11) is 0. The zero-order valence-corrected chi connectivity index (χ0v) is 16.3. The van der Waals surface area contributed by atoms with Crippen molar-refractivity contribution >= 4 is 17.5 Å². The van der Waals surface area contributed by atoms with E-state index in [1.165, 1.54) is 5.56 Å². The van der Waals surface area contributed by atoms with Crippen LogP contribution in [-0.2, 0) is 22.6 Å². The van der Waals surface area contributed by atoms with Crippen LogP contribution in [0.25, 0.3) is 0 Å². The Morgan fingerprint density at radius 3 is 2.43 bits per heavy atom. The van der Waals surface area contributed by atoms with E-state index in [1.54, 1.807) is 4.90 Å². The first kappa shape index (κ1) is 18.7. The number of carbonyl (C=O) groups excluding carboxylic acids is 2. The van der Waals surface area contributed by atoms with E-state index in [9.17, 15) is 9.59 Å². The highest BCUT2D eigenvalue weighted by molar-refractivity contribution is 6.40. The zero-order valence-electron chi connectivity index (χ0n) is 16.3. The van der Waals surface area contributed by atoms with Crippen LogP contribution in [0.15, 0.2) is 54.6 Å². The third-order valence-electron chi connectivity index (χ3n) is 5.79. The SMILES string of the molecule is CC1Cc2ccccc2N1C(=O)C(=O)NC1CCN(Cc2ccccc2)CC1. The number of hydrogen-bond acceptors (Lipinski definition) is 3. The van der Waals surface area contributed by atoms with Crippen molar-refractivity contribution in [3.63, 3.8) is 0 Å². The number of fused-ring (bicyclic) bond motifs is 1. The fourth-order valence-corrected chi connectivity index (χ4v) is 4.31. The first-order valence-corrected chi connectivity index (χ1v) is 10.1. The van der Waals surface area contributed by atoms with E-state index < -0.39 is 11.8 Å². The van der Waals surface area contributed by atoms with Gasteiger partial charge in [-0.3, -0.25) is 14.5 Å². The van der Waals surface area contributed by atoms with Gasteiger partial charge in [0, 0.05) is 37.4 Å². The molecule has 2 amide bonds. The Bertz CT molecular complexity index is 844. The van der Waals surface area contributed by atoms with Crippen LogP contribution in [0.5, 0.6) is 0 Å². The van der Waals surface area contributed by atoms with E-state index in [2.05, 4.69) is 34.5 Å². The van der Waals surface area contributed by atoms with Crippen LogP contribution in [0, 0.1) is 0 Å². The van der Waals surface area contributed by atoms with Crippen LogP contribution < -0.4 is 10.2 Å². The minimum atomic E-state index is -0.481. The number of amides is 2. The van der Waals surface area contributed by atoms with E-state index in [-0.39, 0.29) is 12.1 Å². The molecule has 0 radical (unpaired) electrons. The van der Waals surface area contributed by atoms with Gasteiger partial charge >= 0.3 is 11.8 Å². The lowest BCUT2D eigenvalue weighted by Crippen LogP contribution is -2.51. The summed E-state index contributed by atoms with van der Waals surface area (Å²) in [5.74, 6) is -0.922. The van der Waals surface area contributed by atoms with Gasteiger partial charge in [0.1, 0.15) is 0 Å². The zero-order chi connectivity index (χ0) is 19.5. The van der Waals surface area contributed by atoms with Gasteiger partial charge in [-0.15, -0.1) is 0 Å². The number of anilines is 1. The molecule has 0 aliphatic carbocycles. The Kier molecular flexibility index (Phi) is 5.44. The number of para-hydroxylation sites is 1. The maximum absolute atomic E-state index is 12.8. The molecule has 1 unspecified atom stereocenters. The fraction of sp³-hybridized carbons (Fsp3) is 0.391. The minimum Gasteiger partial charge on any atom is -0.345 e. The highest BCUT2D eigenvalue weighted by atomic mass is 16.2. The lowest BCUT2D eigenvalue weighted by molar-refractivity contribution is -0.138. The summed E-state index contributed by atoms with van der Waals surface area (Å²) >= 11 is 0. The van der Waals surface area contributed by atoms with Gasteiger partial charge < -0.3 is 10.2 Å². The predicted molar refractivity (Wildman–Crippen MR) is 110 cm³/mol. The molecule has 1 fully saturated rings. The molecule has 5 heteroatoms. The number of benzene rings is 2. The van der Waals surface area contributed by atoms with Crippen LogP contribution in [0.1, 0.15) is 30.9 Å². The number of rotatable bonds is 3. The number of likely N-dealkylation sites (tertiary alicyclic amines) is 1. The van der Waals surface area contributed by atoms with Crippen LogP contribution in [-0.4, -0.2) is 41.9 Å². The van der Waals surface area contributed by atoms with E-state index in [4.69, 9.17) is 0 Å². The Balaban J connectivity index is 1.31. The van der Waals surface area contributed by atoms with E-state index in [0.29, 0.717) is 0 Å². The molecule has 0 aromatic heterocycles. The second kappa shape index (κ2) is 8.15. The van der Waals surface area contributed by atoms with Crippen molar-refractivity contribution < 1.29 is 9.59 Å². The van der Waals surface area contributed by atoms with Gasteiger partial charge in [-0.1, -0.05) is 48.5 Å². The molecule has 0 saturated carbocycles. The molecule has 1 atom stereocenters. The largest absolute Gasteiger partial charge is 0.345 e. The molecule has 2 aliphatic heterocycles. The molecule has 0 bridgehead atoms. The molecular weight excluding hydrogens is 350 g/mol. The predicted octanol–water partition coefficient (Wildman–Crippen LogP) is 2.75. The molecule has 2 aliphatic rings. The highest BCUT2D eigenvalue weighted by Crippen LogP contribution is 2.31. The summed E-state index contributed by atoms with van der Waals surface area (Å²) in [5.41, 5.74) is 3.31. The molecule has 28 heavy (non-hydrogen) atoms. The van der Waals surface area contributed by atoms with Crippen LogP contribution in [0.2, 0.25) is 0 Å². The average molecular weight is 377 g/mol. The van der Waals surface area contributed by atoms with Gasteiger partial charge in [0.2, 0.25) is 0 Å². The molecule has 0 spiro atoms. The summed E-state index contributed by atoms with van der Waals surface area (Å²) in [4.78, 5) is 29.5. The monoisotopic (exact) mass is 377 g/mol. The molecule has 2 heterocycles. The van der Waals surface area contributed by atoms with Crippen molar-refractivity contribution in [2.24, 2.45) is 0 Å². The maximum atomic E-state index is 12.8. The molecule has 1 saturated heterocycles. The van der Waals surface area contributed by atoms with Crippen molar-refractivity contribution in [3.05, 3.63) is 65.7 Å². The summed E-state index contributed by atoms with van der Waals surface area (Å²) in [5, 5.41) is 2.97. The molecule has 2 aromatic rings. The number of carbonyl (C=O) groups is 2. The number of piperidine rings is 1. The van der Waals surface area contributed by atoms with Crippen LogP contribution in [0.4, 0.5) is 5.69 Å². The first-order valence-electron chi connectivity index (χ1n) is 10.1. The Hall–Kier alpha value is -2.66. The number of nitrogens with one attached hydrogen (secondary N) is 1. The van der Waals surface area contributed by atoms with Crippen LogP contribution in [0.3, 0.4) is 0 Å². The molecule has 4 rings (SSSR count). The van der Waals surface area contributed by atoms with Crippen molar-refractivity contribution in [2.75, 3.05) is 18.0 Å². The summed E-state index contributed by atoms with van der Waals surface area (Å²) < 4.78 is 0. The van der Waals surface area contributed by atoms with Crippen molar-refractivity contribution in [1.29, 1.82) is 0 Å². The Labute approximate surface area is 166 Å². The normalized spacial score (nSPS) is 20.0. The average Bonchev–Trinajstić information content (AvgIpc) is 3.05. The second-order valence-corrected chi connectivity index (χ2v) is 7.87. The number of nitrogens with zero attached hydrogens (tertiary/aromatic N) is 2. The van der Waals surface area contributed by atoms with E-state index in [1.807, 2.05) is 37.3 Å². The molecule has 146 valence electrons. The molecule has 2 aromatic carbocycles. The first-order chi connectivity index (χ1) is 13.6. The van der Waals surface area contributed by atoms with Crippen molar-refractivity contribution in [2.45, 2.75) is 44.8 Å². The third kappa shape index (κ3) is 3.94. The topological polar surface area (TPSA) is 52.7 Å². The highest BCUT2D eigenvalue weighted by Gasteiger charge is 2.35. The van der Waals surface area contributed by atoms with Gasteiger partial charge in [0.25, 0.3) is 0 Å². The third-order valence-corrected chi connectivity index (χ3v) is 5.79. The van der Waals surface area contributed by atoms with Gasteiger partial charge in [-0.05, 0) is 43.4 Å². The Morgan fingerprint density at radius 1 is 1.00 bits per heavy atom. The number of hydrogen-bond donors (Lipinski definition) is 1. The second-order valence-electron chi connectivity index (χ2n) is 7.87. The van der Waals surface area contributed by atoms with Crippen molar-refractivity contribution in [3.8, 4) is 0 Å². The van der Waals surface area contributed by atoms with Gasteiger partial charge in [0.05, 0.1) is 0 Å². The summed E-state index contributed by atoms with van der Waals surface area (Å²) in [6.07, 6.45) is 2.54. The van der Waals surface area contributed by atoms with E-state index >= 15 is 0 Å². The quantitative estimate of drug-likeness (QED) is 0.837. The van der Waals surface area contributed by atoms with Crippen LogP contribution >= 0.6 is 0 Å². The summed E-state index contributed by atoms with van der Waals surface area (Å²) in [6, 6.07) is 18.4. The van der Waals surface area contributed by atoms with Crippen molar-refractivity contribution in [1.82, 2.24) is 10.2 Å². The lowest BCUT2D eigenvalue weighted by atomic mass is 10.0.